The van der Waals surface area contributed by atoms with Crippen molar-refractivity contribution in [3.63, 3.8) is 0 Å². The average molecular weight is 711 g/mol. The molecule has 4 N–H and O–H groups in total. The van der Waals surface area contributed by atoms with Gasteiger partial charge in [-0.3, -0.25) is 43.4 Å². The van der Waals surface area contributed by atoms with Gasteiger partial charge in [-0.2, -0.15) is 0 Å². The predicted molar refractivity (Wildman–Crippen MR) is 171 cm³/mol. The molecular formula is C32H46N4O14. The molecule has 0 bridgehead atoms. The van der Waals surface area contributed by atoms with Crippen LogP contribution in [0.1, 0.15) is 38.5 Å². The zero-order chi connectivity index (χ0) is 36.8. The van der Waals surface area contributed by atoms with Crippen LogP contribution in [0, 0.1) is 5.41 Å². The van der Waals surface area contributed by atoms with Gasteiger partial charge in [0.05, 0.1) is 63.9 Å². The van der Waals surface area contributed by atoms with Crippen molar-refractivity contribution in [2.45, 2.75) is 44.6 Å². The summed E-state index contributed by atoms with van der Waals surface area (Å²) < 4.78 is 23.1. The van der Waals surface area contributed by atoms with Crippen LogP contribution in [0.4, 0.5) is 0 Å². The fourth-order valence-corrected chi connectivity index (χ4v) is 4.68. The number of carbonyl (C=O) groups excluding carboxylic acids is 6. The highest BCUT2D eigenvalue weighted by molar-refractivity contribution is 6.13. The zero-order valence-electron chi connectivity index (χ0n) is 27.9. The lowest BCUT2D eigenvalue weighted by Gasteiger charge is -2.33. The molecule has 18 heteroatoms. The van der Waals surface area contributed by atoms with Gasteiger partial charge in [-0.25, -0.2) is 0 Å². The van der Waals surface area contributed by atoms with Crippen molar-refractivity contribution < 1.29 is 67.5 Å². The first-order valence-corrected chi connectivity index (χ1v) is 16.2. The normalized spacial score (nSPS) is 15.0. The van der Waals surface area contributed by atoms with Crippen molar-refractivity contribution >= 4 is 47.8 Å². The van der Waals surface area contributed by atoms with Crippen LogP contribution in [0.15, 0.2) is 24.3 Å². The van der Waals surface area contributed by atoms with Crippen molar-refractivity contribution in [2.24, 2.45) is 5.41 Å². The average Bonchev–Trinajstić information content (AvgIpc) is 3.58. The largest absolute Gasteiger partial charge is 0.481 e. The van der Waals surface area contributed by atoms with E-state index in [1.54, 1.807) is 0 Å². The summed E-state index contributed by atoms with van der Waals surface area (Å²) >= 11 is 0. The smallest absolute Gasteiger partial charge is 0.305 e. The van der Waals surface area contributed by atoms with E-state index in [-0.39, 0.29) is 104 Å². The number of nitrogens with zero attached hydrogens (tertiary/aromatic N) is 2. The van der Waals surface area contributed by atoms with Gasteiger partial charge in [-0.05, 0) is 25.8 Å². The van der Waals surface area contributed by atoms with Crippen LogP contribution in [0.2, 0.25) is 0 Å². The number of nitrogens with one attached hydrogen (secondary N) is 2. The van der Waals surface area contributed by atoms with Gasteiger partial charge < -0.3 is 44.6 Å². The molecule has 0 aromatic heterocycles. The summed E-state index contributed by atoms with van der Waals surface area (Å²) in [4.78, 5) is 94.3. The Hall–Kier alpha value is -4.36. The minimum absolute atomic E-state index is 0.0266. The third-order valence-electron chi connectivity index (χ3n) is 7.40. The molecule has 2 heterocycles. The molecule has 2 aliphatic rings. The van der Waals surface area contributed by atoms with Crippen LogP contribution in [0.3, 0.4) is 0 Å². The van der Waals surface area contributed by atoms with Crippen LogP contribution in [-0.2, 0) is 57.3 Å². The molecule has 2 aliphatic heterocycles. The van der Waals surface area contributed by atoms with E-state index >= 15 is 0 Å². The van der Waals surface area contributed by atoms with E-state index in [0.29, 0.717) is 25.7 Å². The zero-order valence-corrected chi connectivity index (χ0v) is 27.9. The third-order valence-corrected chi connectivity index (χ3v) is 7.40. The van der Waals surface area contributed by atoms with Gasteiger partial charge in [0.2, 0.25) is 5.91 Å². The number of aldehydes is 1. The Balaban J connectivity index is 1.83. The molecule has 18 nitrogen and oxygen atoms in total. The SMILES string of the molecule is O=CC(CCN1C(=O)C=CC1=O)NCCCOCC(COCCCNC(=O)CCN1C(=O)C=CC1=O)(COCCC(=O)O)COCCC(=O)O. The highest BCUT2D eigenvalue weighted by atomic mass is 16.5. The molecule has 0 saturated heterocycles. The minimum Gasteiger partial charge on any atom is -0.481 e. The number of carboxylic acids is 2. The van der Waals surface area contributed by atoms with Gasteiger partial charge in [0.15, 0.2) is 0 Å². The van der Waals surface area contributed by atoms with Gasteiger partial charge in [0.25, 0.3) is 23.6 Å². The molecule has 1 unspecified atom stereocenters. The summed E-state index contributed by atoms with van der Waals surface area (Å²) in [6, 6.07) is -0.588. The number of aliphatic carboxylic acids is 2. The summed E-state index contributed by atoms with van der Waals surface area (Å²) in [5.74, 6) is -4.22. The third kappa shape index (κ3) is 16.4. The van der Waals surface area contributed by atoms with Crippen molar-refractivity contribution in [3.8, 4) is 0 Å². The first-order valence-electron chi connectivity index (χ1n) is 16.2. The lowest BCUT2D eigenvalue weighted by molar-refractivity contribution is -0.141. The minimum atomic E-state index is -1.05. The summed E-state index contributed by atoms with van der Waals surface area (Å²) in [5.41, 5.74) is -0.954. The van der Waals surface area contributed by atoms with Gasteiger partial charge in [-0.1, -0.05) is 0 Å². The van der Waals surface area contributed by atoms with E-state index in [9.17, 15) is 38.4 Å². The Morgan fingerprint density at radius 2 is 1.12 bits per heavy atom. The number of ether oxygens (including phenoxy) is 4. The van der Waals surface area contributed by atoms with Crippen molar-refractivity contribution in [3.05, 3.63) is 24.3 Å². The Kier molecular flexibility index (Phi) is 19.3. The molecule has 0 fully saturated rings. The lowest BCUT2D eigenvalue weighted by Crippen LogP contribution is -2.42. The summed E-state index contributed by atoms with van der Waals surface area (Å²) in [6.45, 7) is 0.947. The second kappa shape index (κ2) is 23.1. The van der Waals surface area contributed by atoms with E-state index in [1.807, 2.05) is 0 Å². The molecule has 0 aromatic carbocycles. The number of carboxylic acid groups (broad SMARTS) is 2. The maximum atomic E-state index is 12.1. The number of hydrogen-bond acceptors (Lipinski definition) is 13. The molecule has 278 valence electrons. The number of imide groups is 2. The second-order valence-corrected chi connectivity index (χ2v) is 11.6. The fourth-order valence-electron chi connectivity index (χ4n) is 4.68. The molecule has 5 amide bonds. The van der Waals surface area contributed by atoms with E-state index in [4.69, 9.17) is 29.2 Å². The predicted octanol–water partition coefficient (Wildman–Crippen LogP) is -1.33. The Morgan fingerprint density at radius 1 is 0.680 bits per heavy atom. The molecule has 0 aliphatic carbocycles. The maximum absolute atomic E-state index is 12.1. The van der Waals surface area contributed by atoms with Crippen molar-refractivity contribution in [2.75, 3.05) is 79.0 Å². The Labute approximate surface area is 289 Å². The van der Waals surface area contributed by atoms with Gasteiger partial charge in [0.1, 0.15) is 6.29 Å². The standard InChI is InChI=1S/C32H46N4O14/c37-19-24(7-13-35-26(39)3-4-27(35)40)33-11-1-15-47-20-32(22-49-17-9-30(43)44,23-50-18-10-31(45)46)21-48-16-2-12-34-25(38)8-14-36-28(41)5-6-29(36)42/h3-6,19,24,33H,1-2,7-18,20-23H2,(H,34,38)(H,43,44)(H,45,46). The van der Waals surface area contributed by atoms with Crippen LogP contribution in [-0.4, -0.2) is 153 Å². The first kappa shape index (κ1) is 41.8. The van der Waals surface area contributed by atoms with Crippen LogP contribution in [0.5, 0.6) is 0 Å². The number of amides is 5. The molecule has 50 heavy (non-hydrogen) atoms. The number of carbonyl (C=O) groups is 8. The van der Waals surface area contributed by atoms with E-state index in [0.717, 1.165) is 22.0 Å². The van der Waals surface area contributed by atoms with Crippen molar-refractivity contribution in [1.82, 2.24) is 20.4 Å². The number of rotatable bonds is 30. The summed E-state index contributed by atoms with van der Waals surface area (Å²) in [5, 5.41) is 23.7. The molecular weight excluding hydrogens is 664 g/mol. The van der Waals surface area contributed by atoms with E-state index in [2.05, 4.69) is 10.6 Å². The highest BCUT2D eigenvalue weighted by Gasteiger charge is 2.33. The molecule has 2 rings (SSSR count). The van der Waals surface area contributed by atoms with Gasteiger partial charge in [0, 0.05) is 63.6 Å². The highest BCUT2D eigenvalue weighted by Crippen LogP contribution is 2.21. The quantitative estimate of drug-likeness (QED) is 0.0383. The Morgan fingerprint density at radius 3 is 1.58 bits per heavy atom. The molecule has 0 spiro atoms. The molecule has 0 radical (unpaired) electrons. The summed E-state index contributed by atoms with van der Waals surface area (Å²) in [6.07, 6.45) is 5.93. The van der Waals surface area contributed by atoms with Gasteiger partial charge in [-0.15, -0.1) is 0 Å². The first-order chi connectivity index (χ1) is 24.0. The number of hydrogen-bond donors (Lipinski definition) is 4. The van der Waals surface area contributed by atoms with Gasteiger partial charge >= 0.3 is 11.9 Å². The Bertz CT molecular complexity index is 1200. The van der Waals surface area contributed by atoms with Crippen LogP contribution >= 0.6 is 0 Å². The molecule has 0 saturated carbocycles. The second-order valence-electron chi connectivity index (χ2n) is 11.6. The van der Waals surface area contributed by atoms with E-state index in [1.165, 1.54) is 12.2 Å². The molecule has 1 atom stereocenters. The maximum Gasteiger partial charge on any atom is 0.305 e. The fraction of sp³-hybridized carbons (Fsp3) is 0.625. The summed E-state index contributed by atoms with van der Waals surface area (Å²) in [7, 11) is 0. The molecule has 0 aromatic rings. The van der Waals surface area contributed by atoms with Crippen molar-refractivity contribution in [1.29, 1.82) is 0 Å². The van der Waals surface area contributed by atoms with Crippen LogP contribution < -0.4 is 10.6 Å². The lowest BCUT2D eigenvalue weighted by atomic mass is 9.92. The monoisotopic (exact) mass is 710 g/mol. The topological polar surface area (TPSA) is 244 Å². The van der Waals surface area contributed by atoms with E-state index < -0.39 is 47.0 Å². The van der Waals surface area contributed by atoms with Crippen LogP contribution in [0.25, 0.3) is 0 Å².